The van der Waals surface area contributed by atoms with Gasteiger partial charge in [-0.2, -0.15) is 13.2 Å². The Bertz CT molecular complexity index is 2940. The van der Waals surface area contributed by atoms with Crippen molar-refractivity contribution in [2.45, 2.75) is 50.3 Å². The molecule has 2 fully saturated rings. The fraction of sp³-hybridized carbons (Fsp3) is 0.396. The van der Waals surface area contributed by atoms with Crippen molar-refractivity contribution in [3.63, 3.8) is 0 Å². The number of piperazine rings is 1. The molecule has 2 saturated heterocycles. The number of amides is 2. The third kappa shape index (κ3) is 11.7. The molecule has 372 valence electrons. The molecular formula is C48H52ClF3N8O9S. The summed E-state index contributed by atoms with van der Waals surface area (Å²) in [5.74, 6) is -0.986. The summed E-state index contributed by atoms with van der Waals surface area (Å²) in [4.78, 5) is 50.6. The number of hydrogen-bond acceptors (Lipinski definition) is 13. The summed E-state index contributed by atoms with van der Waals surface area (Å²) in [5, 5.41) is 15.9. The molecule has 8 rings (SSSR count). The second kappa shape index (κ2) is 20.6. The lowest BCUT2D eigenvalue weighted by Crippen LogP contribution is -2.48. The monoisotopic (exact) mass is 1010 g/mol. The van der Waals surface area contributed by atoms with Gasteiger partial charge in [0.1, 0.15) is 29.4 Å². The zero-order valence-electron chi connectivity index (χ0n) is 38.6. The molecule has 0 radical (unpaired) electrons. The Balaban J connectivity index is 0.988. The Kier molecular flexibility index (Phi) is 14.8. The van der Waals surface area contributed by atoms with Crippen LogP contribution in [0.25, 0.3) is 16.6 Å². The van der Waals surface area contributed by atoms with E-state index in [0.717, 1.165) is 53.6 Å². The van der Waals surface area contributed by atoms with Gasteiger partial charge in [-0.3, -0.25) is 24.6 Å². The van der Waals surface area contributed by atoms with Crippen molar-refractivity contribution in [3.05, 3.63) is 117 Å². The number of aromatic amines is 1. The number of anilines is 2. The van der Waals surface area contributed by atoms with E-state index in [1.165, 1.54) is 31.5 Å². The molecule has 22 heteroatoms. The van der Waals surface area contributed by atoms with Gasteiger partial charge in [0.25, 0.3) is 21.6 Å². The summed E-state index contributed by atoms with van der Waals surface area (Å²) in [7, 11) is -3.28. The summed E-state index contributed by atoms with van der Waals surface area (Å²) >= 11 is 6.54. The van der Waals surface area contributed by atoms with Gasteiger partial charge in [-0.15, -0.1) is 0 Å². The molecule has 3 N–H and O–H groups in total. The van der Waals surface area contributed by atoms with Crippen LogP contribution in [0.15, 0.2) is 89.6 Å². The van der Waals surface area contributed by atoms with E-state index in [2.05, 4.69) is 43.7 Å². The first-order valence-electron chi connectivity index (χ1n) is 22.5. The fourth-order valence-electron chi connectivity index (χ4n) is 8.97. The molecule has 2 amide bonds. The van der Waals surface area contributed by atoms with Crippen LogP contribution in [-0.4, -0.2) is 124 Å². The lowest BCUT2D eigenvalue weighted by Gasteiger charge is -2.39. The Morgan fingerprint density at radius 3 is 2.56 bits per heavy atom. The molecule has 2 aromatic heterocycles. The number of H-pyrrole nitrogens is 1. The number of nitrogens with zero attached hydrogens (tertiary/aromatic N) is 5. The van der Waals surface area contributed by atoms with Crippen LogP contribution in [0.2, 0.25) is 5.02 Å². The van der Waals surface area contributed by atoms with Gasteiger partial charge >= 0.3 is 6.18 Å². The Labute approximate surface area is 407 Å². The number of halogens is 4. The van der Waals surface area contributed by atoms with E-state index in [4.69, 9.17) is 25.8 Å². The standard InChI is InChI=1S/C48H52ClF3N8O9S/c1-47(2)12-10-31(39(24-47)37-7-4-32(21-40(37)49)48(50,51)52)27-57-14-16-58(17-15-57)33-5-8-38(43(22-33)69-34-20-30-11-13-53-45(30)55-25-34)46(62)56-70(65,66)36-6-9-41(42(23-36)60(63)64)54-26-35-28-59(18-19-68-35)44(61)29-67-3/h4-9,11,13,20-23,25,35,54H,10,12,14-19,24,26-29H2,1-3H3,(H,53,55)(H,56,62). The third-order valence-corrected chi connectivity index (χ3v) is 14.4. The summed E-state index contributed by atoms with van der Waals surface area (Å²) < 4.78 is 87.1. The summed E-state index contributed by atoms with van der Waals surface area (Å²) in [5.41, 5.74) is 2.46. The fourth-order valence-corrected chi connectivity index (χ4v) is 10.2. The van der Waals surface area contributed by atoms with Crippen LogP contribution in [0.5, 0.6) is 11.5 Å². The van der Waals surface area contributed by atoms with Crippen LogP contribution >= 0.6 is 11.6 Å². The van der Waals surface area contributed by atoms with Crippen molar-refractivity contribution < 1.29 is 50.3 Å². The molecule has 3 aliphatic rings. The molecule has 1 aliphatic carbocycles. The molecule has 2 aliphatic heterocycles. The predicted molar refractivity (Wildman–Crippen MR) is 257 cm³/mol. The van der Waals surface area contributed by atoms with E-state index in [0.29, 0.717) is 62.6 Å². The number of morpholine rings is 1. The SMILES string of the molecule is COCC(=O)N1CCOC(CNc2ccc(S(=O)(=O)NC(=O)c3ccc(N4CCN(CC5=C(c6ccc(C(F)(F)F)cc6Cl)CC(C)(C)CC5)CC4)cc3Oc3cnc4[nH]ccc4c3)cc2[N+](=O)[O-])C1. The van der Waals surface area contributed by atoms with Gasteiger partial charge in [0.15, 0.2) is 0 Å². The smallest absolute Gasteiger partial charge is 0.416 e. The van der Waals surface area contributed by atoms with Gasteiger partial charge in [0, 0.05) is 93.9 Å². The highest BCUT2D eigenvalue weighted by atomic mass is 35.5. The molecule has 5 aromatic rings. The molecule has 0 spiro atoms. The molecule has 1 unspecified atom stereocenters. The van der Waals surface area contributed by atoms with E-state index < -0.39 is 49.3 Å². The van der Waals surface area contributed by atoms with Gasteiger partial charge in [-0.1, -0.05) is 37.1 Å². The van der Waals surface area contributed by atoms with E-state index >= 15 is 0 Å². The highest BCUT2D eigenvalue weighted by Crippen LogP contribution is 2.46. The van der Waals surface area contributed by atoms with Crippen LogP contribution in [0.4, 0.5) is 30.2 Å². The Morgan fingerprint density at radius 2 is 1.83 bits per heavy atom. The van der Waals surface area contributed by atoms with Gasteiger partial charge in [-0.25, -0.2) is 18.1 Å². The Morgan fingerprint density at radius 1 is 1.04 bits per heavy atom. The minimum absolute atomic E-state index is 0.00209. The van der Waals surface area contributed by atoms with E-state index in [1.807, 2.05) is 0 Å². The first-order chi connectivity index (χ1) is 33.3. The summed E-state index contributed by atoms with van der Waals surface area (Å²) in [6, 6.07) is 15.0. The zero-order chi connectivity index (χ0) is 50.0. The van der Waals surface area contributed by atoms with Crippen molar-refractivity contribution in [1.82, 2.24) is 24.5 Å². The minimum Gasteiger partial charge on any atom is -0.455 e. The minimum atomic E-state index is -4.69. The van der Waals surface area contributed by atoms with Gasteiger partial charge in [0.2, 0.25) is 5.91 Å². The highest BCUT2D eigenvalue weighted by Gasteiger charge is 2.34. The molecule has 17 nitrogen and oxygen atoms in total. The van der Waals surface area contributed by atoms with Crippen LogP contribution in [0, 0.1) is 15.5 Å². The second-order valence-electron chi connectivity index (χ2n) is 18.3. The number of hydrogen-bond donors (Lipinski definition) is 3. The average molecular weight is 1010 g/mol. The van der Waals surface area contributed by atoms with Crippen molar-refractivity contribution in [2.75, 3.05) is 82.9 Å². The number of methoxy groups -OCH3 is 1. The highest BCUT2D eigenvalue weighted by molar-refractivity contribution is 7.90. The van der Waals surface area contributed by atoms with Gasteiger partial charge < -0.3 is 34.3 Å². The molecule has 4 heterocycles. The lowest BCUT2D eigenvalue weighted by molar-refractivity contribution is -0.384. The predicted octanol–water partition coefficient (Wildman–Crippen LogP) is 8.13. The average Bonchev–Trinajstić information content (AvgIpc) is 3.79. The second-order valence-corrected chi connectivity index (χ2v) is 20.4. The maximum Gasteiger partial charge on any atom is 0.416 e. The number of aromatic nitrogens is 2. The maximum absolute atomic E-state index is 14.0. The topological polar surface area (TPSA) is 202 Å². The quantitative estimate of drug-likeness (QED) is 0.0671. The number of benzene rings is 3. The number of nitro benzene ring substituents is 1. The van der Waals surface area contributed by atoms with Crippen LogP contribution < -0.4 is 19.7 Å². The van der Waals surface area contributed by atoms with Gasteiger partial charge in [0.05, 0.1) is 39.9 Å². The van der Waals surface area contributed by atoms with Crippen molar-refractivity contribution in [3.8, 4) is 11.5 Å². The molecule has 0 bridgehead atoms. The largest absolute Gasteiger partial charge is 0.455 e. The number of rotatable bonds is 15. The number of fused-ring (bicyclic) bond motifs is 1. The van der Waals surface area contributed by atoms with Crippen molar-refractivity contribution in [2.24, 2.45) is 5.41 Å². The number of nitro groups is 1. The maximum atomic E-state index is 14.0. The molecular weight excluding hydrogens is 957 g/mol. The number of alkyl halides is 3. The number of nitrogens with one attached hydrogen (secondary N) is 3. The molecule has 0 saturated carbocycles. The Hall–Kier alpha value is -6.26. The molecule has 3 aromatic carbocycles. The first-order valence-corrected chi connectivity index (χ1v) is 24.4. The molecule has 70 heavy (non-hydrogen) atoms. The van der Waals surface area contributed by atoms with E-state index in [9.17, 15) is 41.3 Å². The van der Waals surface area contributed by atoms with Crippen molar-refractivity contribution >= 4 is 67.1 Å². The molecule has 1 atom stereocenters. The van der Waals surface area contributed by atoms with E-state index in [-0.39, 0.29) is 65.4 Å². The first kappa shape index (κ1) is 50.1. The van der Waals surface area contributed by atoms with Crippen molar-refractivity contribution in [1.29, 1.82) is 0 Å². The normalized spacial score (nSPS) is 18.0. The number of carbonyl (C=O) groups excluding carboxylic acids is 2. The zero-order valence-corrected chi connectivity index (χ0v) is 40.2. The lowest BCUT2D eigenvalue weighted by atomic mass is 9.72. The van der Waals surface area contributed by atoms with Crippen LogP contribution in [0.1, 0.15) is 54.6 Å². The van der Waals surface area contributed by atoms with E-state index in [1.54, 1.807) is 35.4 Å². The number of ether oxygens (including phenoxy) is 3. The van der Waals surface area contributed by atoms with Crippen LogP contribution in [0.3, 0.4) is 0 Å². The number of allylic oxidation sites excluding steroid dienone is 1. The number of pyridine rings is 1. The van der Waals surface area contributed by atoms with Gasteiger partial charge in [-0.05, 0) is 84.3 Å². The van der Waals surface area contributed by atoms with Crippen LogP contribution in [-0.2, 0) is 30.5 Å². The number of carbonyl (C=O) groups is 2. The summed E-state index contributed by atoms with van der Waals surface area (Å²) in [6.45, 7) is 8.11. The third-order valence-electron chi connectivity index (χ3n) is 12.8. The summed E-state index contributed by atoms with van der Waals surface area (Å²) in [6.07, 6.45) is 0.517. The number of sulfonamides is 1.